The van der Waals surface area contributed by atoms with E-state index in [0.29, 0.717) is 33.2 Å². The van der Waals surface area contributed by atoms with Gasteiger partial charge in [0.05, 0.1) is 11.1 Å². The van der Waals surface area contributed by atoms with Gasteiger partial charge in [-0.3, -0.25) is 4.79 Å². The van der Waals surface area contributed by atoms with Gasteiger partial charge in [-0.15, -0.1) is 0 Å². The molecule has 1 heterocycles. The maximum atomic E-state index is 12.7. The van der Waals surface area contributed by atoms with Crippen LogP contribution >= 0.6 is 11.6 Å². The number of benzene rings is 3. The molecular weight excluding hydrogens is 388 g/mol. The number of aryl methyl sites for hydroxylation is 1. The van der Waals surface area contributed by atoms with E-state index < -0.39 is 5.97 Å². The van der Waals surface area contributed by atoms with Crippen molar-refractivity contribution in [2.75, 3.05) is 0 Å². The second kappa shape index (κ2) is 7.57. The number of halogens is 1. The lowest BCUT2D eigenvalue weighted by molar-refractivity contribution is 0.0733. The molecule has 144 valence electrons. The molecule has 1 aliphatic heterocycles. The summed E-state index contributed by atoms with van der Waals surface area (Å²) in [6.45, 7) is 3.74. The highest BCUT2D eigenvalue weighted by atomic mass is 35.5. The Hall–Kier alpha value is -3.37. The Labute approximate surface area is 173 Å². The molecule has 0 N–H and O–H groups in total. The normalized spacial score (nSPS) is 13.9. The summed E-state index contributed by atoms with van der Waals surface area (Å²) in [4.78, 5) is 25.1. The first kappa shape index (κ1) is 19.0. The standard InChI is InChI=1S/C24H17ClO4/c1-14-4-3-5-16(12-14)13-21-22(26)19-10-11-20(15(2)23(19)28-21)29-24(27)17-6-8-18(25)9-7-17/h3-13H,1-2H3/b21-13-. The molecule has 0 aromatic heterocycles. The molecule has 0 bridgehead atoms. The van der Waals surface area contributed by atoms with E-state index in [1.54, 1.807) is 49.4 Å². The number of ether oxygens (including phenoxy) is 2. The summed E-state index contributed by atoms with van der Waals surface area (Å²) < 4.78 is 11.3. The molecule has 29 heavy (non-hydrogen) atoms. The Kier molecular flexibility index (Phi) is 4.95. The van der Waals surface area contributed by atoms with Crippen LogP contribution in [-0.4, -0.2) is 11.8 Å². The minimum atomic E-state index is -0.510. The quantitative estimate of drug-likeness (QED) is 0.315. The first-order chi connectivity index (χ1) is 13.9. The summed E-state index contributed by atoms with van der Waals surface area (Å²) in [5, 5.41) is 0.537. The molecule has 0 unspecified atom stereocenters. The molecule has 1 aliphatic rings. The number of Topliss-reactive ketones (excluding diaryl/α,β-unsaturated/α-hetero) is 1. The van der Waals surface area contributed by atoms with E-state index >= 15 is 0 Å². The van der Waals surface area contributed by atoms with Crippen LogP contribution in [0.1, 0.15) is 37.4 Å². The van der Waals surface area contributed by atoms with Crippen molar-refractivity contribution in [3.8, 4) is 11.5 Å². The number of carbonyl (C=O) groups is 2. The molecular formula is C24H17ClO4. The fourth-order valence-corrected chi connectivity index (χ4v) is 3.26. The second-order valence-electron chi connectivity index (χ2n) is 6.82. The summed E-state index contributed by atoms with van der Waals surface area (Å²) in [5.74, 6) is 0.295. The van der Waals surface area contributed by atoms with Gasteiger partial charge in [0.25, 0.3) is 0 Å². The fourth-order valence-electron chi connectivity index (χ4n) is 3.13. The van der Waals surface area contributed by atoms with Crippen LogP contribution in [0.5, 0.6) is 11.5 Å². The molecule has 0 radical (unpaired) electrons. The molecule has 3 aromatic carbocycles. The Morgan fingerprint density at radius 3 is 2.52 bits per heavy atom. The van der Waals surface area contributed by atoms with Crippen molar-refractivity contribution in [3.05, 3.63) is 99.3 Å². The predicted octanol–water partition coefficient (Wildman–Crippen LogP) is 5.79. The van der Waals surface area contributed by atoms with Gasteiger partial charge in [-0.05, 0) is 61.9 Å². The van der Waals surface area contributed by atoms with Gasteiger partial charge in [0.1, 0.15) is 11.5 Å². The van der Waals surface area contributed by atoms with E-state index in [2.05, 4.69) is 0 Å². The van der Waals surface area contributed by atoms with Gasteiger partial charge in [0.15, 0.2) is 5.76 Å². The zero-order chi connectivity index (χ0) is 20.5. The number of hydrogen-bond donors (Lipinski definition) is 0. The fraction of sp³-hybridized carbons (Fsp3) is 0.0833. The lowest BCUT2D eigenvalue weighted by Crippen LogP contribution is -2.09. The first-order valence-corrected chi connectivity index (χ1v) is 9.42. The molecule has 0 saturated carbocycles. The van der Waals surface area contributed by atoms with Crippen LogP contribution in [0, 0.1) is 13.8 Å². The first-order valence-electron chi connectivity index (χ1n) is 9.04. The highest BCUT2D eigenvalue weighted by molar-refractivity contribution is 6.30. The minimum absolute atomic E-state index is 0.194. The summed E-state index contributed by atoms with van der Waals surface area (Å²) in [5.41, 5.74) is 3.40. The van der Waals surface area contributed by atoms with Gasteiger partial charge in [-0.2, -0.15) is 0 Å². The van der Waals surface area contributed by atoms with E-state index in [-0.39, 0.29) is 11.5 Å². The molecule has 0 fully saturated rings. The third-order valence-electron chi connectivity index (χ3n) is 4.66. The highest BCUT2D eigenvalue weighted by Gasteiger charge is 2.30. The molecule has 3 aromatic rings. The van der Waals surface area contributed by atoms with Crippen LogP contribution in [-0.2, 0) is 0 Å². The zero-order valence-corrected chi connectivity index (χ0v) is 16.6. The van der Waals surface area contributed by atoms with Crippen molar-refractivity contribution in [1.29, 1.82) is 0 Å². The molecule has 0 spiro atoms. The van der Waals surface area contributed by atoms with Crippen molar-refractivity contribution in [3.63, 3.8) is 0 Å². The topological polar surface area (TPSA) is 52.6 Å². The summed E-state index contributed by atoms with van der Waals surface area (Å²) in [6, 6.07) is 17.4. The summed E-state index contributed by atoms with van der Waals surface area (Å²) >= 11 is 5.85. The van der Waals surface area contributed by atoms with E-state index in [0.717, 1.165) is 11.1 Å². The molecule has 4 nitrogen and oxygen atoms in total. The molecule has 0 saturated heterocycles. The number of esters is 1. The van der Waals surface area contributed by atoms with E-state index in [1.807, 2.05) is 31.2 Å². The third kappa shape index (κ3) is 3.80. The van der Waals surface area contributed by atoms with E-state index in [4.69, 9.17) is 21.1 Å². The predicted molar refractivity (Wildman–Crippen MR) is 112 cm³/mol. The van der Waals surface area contributed by atoms with Gasteiger partial charge in [-0.25, -0.2) is 4.79 Å². The van der Waals surface area contributed by atoms with Crippen molar-refractivity contribution >= 4 is 29.4 Å². The highest BCUT2D eigenvalue weighted by Crippen LogP contribution is 2.39. The lowest BCUT2D eigenvalue weighted by Gasteiger charge is -2.10. The largest absolute Gasteiger partial charge is 0.452 e. The van der Waals surface area contributed by atoms with Crippen molar-refractivity contribution in [2.24, 2.45) is 0 Å². The van der Waals surface area contributed by atoms with E-state index in [9.17, 15) is 9.59 Å². The Morgan fingerprint density at radius 1 is 1.03 bits per heavy atom. The number of allylic oxidation sites excluding steroid dienone is 1. The number of carbonyl (C=O) groups excluding carboxylic acids is 2. The number of fused-ring (bicyclic) bond motifs is 1. The third-order valence-corrected chi connectivity index (χ3v) is 4.91. The number of hydrogen-bond acceptors (Lipinski definition) is 4. The Balaban J connectivity index is 1.61. The molecule has 4 rings (SSSR count). The van der Waals surface area contributed by atoms with Crippen LogP contribution in [0.2, 0.25) is 5.02 Å². The molecule has 0 atom stereocenters. The maximum absolute atomic E-state index is 12.7. The van der Waals surface area contributed by atoms with Crippen molar-refractivity contribution in [2.45, 2.75) is 13.8 Å². The smallest absolute Gasteiger partial charge is 0.343 e. The summed E-state index contributed by atoms with van der Waals surface area (Å²) in [6.07, 6.45) is 1.72. The van der Waals surface area contributed by atoms with Crippen LogP contribution in [0.3, 0.4) is 0 Å². The monoisotopic (exact) mass is 404 g/mol. The minimum Gasteiger partial charge on any atom is -0.452 e. The van der Waals surface area contributed by atoms with Gasteiger partial charge < -0.3 is 9.47 Å². The van der Waals surface area contributed by atoms with Gasteiger partial charge in [-0.1, -0.05) is 41.4 Å². The average Bonchev–Trinajstić information content (AvgIpc) is 3.01. The molecule has 5 heteroatoms. The van der Waals surface area contributed by atoms with Crippen molar-refractivity contribution < 1.29 is 19.1 Å². The van der Waals surface area contributed by atoms with Gasteiger partial charge in [0, 0.05) is 10.6 Å². The van der Waals surface area contributed by atoms with Crippen LogP contribution in [0.25, 0.3) is 6.08 Å². The van der Waals surface area contributed by atoms with Gasteiger partial charge >= 0.3 is 5.97 Å². The SMILES string of the molecule is Cc1cccc(/C=C2\Oc3c(ccc(OC(=O)c4ccc(Cl)cc4)c3C)C2=O)c1. The van der Waals surface area contributed by atoms with Crippen LogP contribution < -0.4 is 9.47 Å². The number of ketones is 1. The van der Waals surface area contributed by atoms with Gasteiger partial charge in [0.2, 0.25) is 5.78 Å². The Bertz CT molecular complexity index is 1160. The lowest BCUT2D eigenvalue weighted by atomic mass is 10.1. The van der Waals surface area contributed by atoms with Crippen LogP contribution in [0.15, 0.2) is 66.4 Å². The number of rotatable bonds is 3. The average molecular weight is 405 g/mol. The molecule has 0 aliphatic carbocycles. The maximum Gasteiger partial charge on any atom is 0.343 e. The van der Waals surface area contributed by atoms with Crippen LogP contribution in [0.4, 0.5) is 0 Å². The summed E-state index contributed by atoms with van der Waals surface area (Å²) in [7, 11) is 0. The zero-order valence-electron chi connectivity index (χ0n) is 15.9. The Morgan fingerprint density at radius 2 is 1.79 bits per heavy atom. The van der Waals surface area contributed by atoms with E-state index in [1.165, 1.54) is 0 Å². The molecule has 0 amide bonds. The second-order valence-corrected chi connectivity index (χ2v) is 7.25. The van der Waals surface area contributed by atoms with Crippen molar-refractivity contribution in [1.82, 2.24) is 0 Å².